The fraction of sp³-hybridized carbons (Fsp3) is 0. The van der Waals surface area contributed by atoms with E-state index in [2.05, 4.69) is 30.7 Å². The SMILES string of the molecule is Nc1ccc(N=Nc2ccc(-c3ccc(N=Nc4c(S(=O)(=O)O)cc5cc(S(=O)(=O)O)c(N=Nc6ccccc6)c(O)c5c4N)cc3)cc2)c(N)c1.[Na]. The number of hydrogen-bond donors (Lipinski definition) is 6. The van der Waals surface area contributed by atoms with Crippen molar-refractivity contribution in [3.8, 4) is 16.9 Å². The van der Waals surface area contributed by atoms with E-state index < -0.39 is 52.8 Å². The summed E-state index contributed by atoms with van der Waals surface area (Å²) in [6, 6.07) is 28.6. The fourth-order valence-electron chi connectivity index (χ4n) is 5.03. The molecule has 1 radical (unpaired) electrons. The Morgan fingerprint density at radius 3 is 1.51 bits per heavy atom. The number of nitrogens with zero attached hydrogens (tertiary/aromatic N) is 6. The van der Waals surface area contributed by atoms with E-state index in [1.54, 1.807) is 84.9 Å². The van der Waals surface area contributed by atoms with Crippen molar-refractivity contribution in [2.24, 2.45) is 30.7 Å². The number of anilines is 3. The molecule has 263 valence electrons. The van der Waals surface area contributed by atoms with Crippen molar-refractivity contribution in [3.63, 3.8) is 0 Å². The number of nitrogens with two attached hydrogens (primary N) is 3. The molecule has 0 bridgehead atoms. The average Bonchev–Trinajstić information content (AvgIpc) is 3.10. The van der Waals surface area contributed by atoms with Crippen molar-refractivity contribution in [2.75, 3.05) is 17.2 Å². The third kappa shape index (κ3) is 8.72. The molecular formula is C34H27N9NaO7S2. The van der Waals surface area contributed by atoms with Gasteiger partial charge in [0.25, 0.3) is 20.2 Å². The van der Waals surface area contributed by atoms with E-state index in [1.807, 2.05) is 12.1 Å². The molecule has 0 aliphatic rings. The fourth-order valence-corrected chi connectivity index (χ4v) is 6.36. The molecule has 0 saturated heterocycles. The monoisotopic (exact) mass is 760 g/mol. The summed E-state index contributed by atoms with van der Waals surface area (Å²) in [6.45, 7) is 0. The average molecular weight is 761 g/mol. The van der Waals surface area contributed by atoms with Gasteiger partial charge in [-0.2, -0.15) is 32.2 Å². The van der Waals surface area contributed by atoms with Crippen LogP contribution in [0.4, 0.5) is 51.2 Å². The number of benzene rings is 6. The van der Waals surface area contributed by atoms with Crippen LogP contribution in [0.2, 0.25) is 0 Å². The van der Waals surface area contributed by atoms with Crippen molar-refractivity contribution < 1.29 is 31.0 Å². The standard InChI is InChI=1S/C34H27N9O7S2.Na/c35-22-10-15-27(26(36)18-22)41-38-24-11-6-19(7-12-24)20-8-13-25(14-9-20)40-42-32-28(51(45,46)47)16-21-17-29(52(48,49)50)33(34(44)30(21)31(32)37)43-39-23-4-2-1-3-5-23;/h1-18,44H,35-37H2,(H,45,46,47)(H,48,49,50);. The van der Waals surface area contributed by atoms with Crippen LogP contribution in [0.1, 0.15) is 0 Å². The third-order valence-electron chi connectivity index (χ3n) is 7.55. The van der Waals surface area contributed by atoms with Crippen molar-refractivity contribution in [2.45, 2.75) is 9.79 Å². The van der Waals surface area contributed by atoms with Gasteiger partial charge in [-0.05, 0) is 83.2 Å². The summed E-state index contributed by atoms with van der Waals surface area (Å²) >= 11 is 0. The molecule has 9 N–H and O–H groups in total. The van der Waals surface area contributed by atoms with Crippen molar-refractivity contribution in [1.82, 2.24) is 0 Å². The van der Waals surface area contributed by atoms with Crippen LogP contribution in [-0.4, -0.2) is 60.6 Å². The van der Waals surface area contributed by atoms with Crippen molar-refractivity contribution >= 4 is 112 Å². The maximum atomic E-state index is 12.4. The van der Waals surface area contributed by atoms with E-state index >= 15 is 0 Å². The zero-order valence-electron chi connectivity index (χ0n) is 27.6. The minimum atomic E-state index is -5.04. The Labute approximate surface area is 324 Å². The second-order valence-electron chi connectivity index (χ2n) is 11.1. The van der Waals surface area contributed by atoms with Crippen LogP contribution < -0.4 is 17.2 Å². The van der Waals surface area contributed by atoms with Gasteiger partial charge in [0.1, 0.15) is 26.9 Å². The van der Waals surface area contributed by atoms with Gasteiger partial charge in [-0.15, -0.1) is 15.3 Å². The van der Waals surface area contributed by atoms with Crippen LogP contribution in [0.15, 0.2) is 150 Å². The molecule has 6 aromatic rings. The minimum Gasteiger partial charge on any atom is -0.505 e. The number of fused-ring (bicyclic) bond motifs is 1. The van der Waals surface area contributed by atoms with Gasteiger partial charge >= 0.3 is 0 Å². The smallest absolute Gasteiger partial charge is 0.296 e. The van der Waals surface area contributed by atoms with Crippen LogP contribution in [-0.2, 0) is 20.2 Å². The summed E-state index contributed by atoms with van der Waals surface area (Å²) in [5.41, 5.74) is 20.4. The Hall–Kier alpha value is -5.60. The first-order valence-electron chi connectivity index (χ1n) is 14.9. The second kappa shape index (κ2) is 15.6. The van der Waals surface area contributed by atoms with Gasteiger partial charge in [-0.25, -0.2) is 0 Å². The molecule has 19 heteroatoms. The largest absolute Gasteiger partial charge is 0.505 e. The minimum absolute atomic E-state index is 0. The molecule has 0 fully saturated rings. The number of aromatic hydroxyl groups is 1. The molecule has 0 spiro atoms. The van der Waals surface area contributed by atoms with Gasteiger partial charge in [0.2, 0.25) is 0 Å². The van der Waals surface area contributed by atoms with E-state index in [1.165, 1.54) is 0 Å². The van der Waals surface area contributed by atoms with Gasteiger partial charge in [-0.3, -0.25) is 9.11 Å². The number of phenols is 1. The molecule has 0 atom stereocenters. The Morgan fingerprint density at radius 1 is 0.528 bits per heavy atom. The number of nitrogen functional groups attached to an aromatic ring is 3. The molecular weight excluding hydrogens is 734 g/mol. The Morgan fingerprint density at radius 2 is 1.00 bits per heavy atom. The molecule has 0 heterocycles. The number of rotatable bonds is 9. The normalized spacial score (nSPS) is 12.2. The van der Waals surface area contributed by atoms with Gasteiger partial charge in [0, 0.05) is 35.2 Å². The number of azo groups is 3. The summed E-state index contributed by atoms with van der Waals surface area (Å²) < 4.78 is 69.4. The first kappa shape index (κ1) is 38.6. The molecule has 6 aromatic carbocycles. The molecule has 0 saturated carbocycles. The van der Waals surface area contributed by atoms with Gasteiger partial charge in [-0.1, -0.05) is 42.5 Å². The van der Waals surface area contributed by atoms with Crippen LogP contribution in [0.25, 0.3) is 21.9 Å². The van der Waals surface area contributed by atoms with Gasteiger partial charge in [0.05, 0.1) is 33.8 Å². The van der Waals surface area contributed by atoms with Crippen LogP contribution in [0.5, 0.6) is 5.75 Å². The number of hydrogen-bond acceptors (Lipinski definition) is 14. The van der Waals surface area contributed by atoms with Crippen molar-refractivity contribution in [1.29, 1.82) is 0 Å². The van der Waals surface area contributed by atoms with E-state index in [0.29, 0.717) is 28.4 Å². The molecule has 53 heavy (non-hydrogen) atoms. The molecule has 16 nitrogen and oxygen atoms in total. The zero-order chi connectivity index (χ0) is 37.2. The topological polar surface area (TPSA) is 281 Å². The maximum Gasteiger partial charge on any atom is 0.296 e. The summed E-state index contributed by atoms with van der Waals surface area (Å²) in [5, 5.41) is 34.8. The summed E-state index contributed by atoms with van der Waals surface area (Å²) in [4.78, 5) is -1.73. The Bertz CT molecular complexity index is 2660. The zero-order valence-corrected chi connectivity index (χ0v) is 31.2. The Balaban J connectivity index is 0.00000541. The number of phenolic OH excluding ortho intramolecular Hbond substituents is 1. The predicted octanol–water partition coefficient (Wildman–Crippen LogP) is 8.32. The Kier molecular flexibility index (Phi) is 11.3. The van der Waals surface area contributed by atoms with Crippen molar-refractivity contribution in [3.05, 3.63) is 109 Å². The summed E-state index contributed by atoms with van der Waals surface area (Å²) in [7, 11) is -10.1. The molecule has 0 amide bonds. The third-order valence-corrected chi connectivity index (χ3v) is 9.28. The quantitative estimate of drug-likeness (QED) is 0.0354. The van der Waals surface area contributed by atoms with E-state index in [-0.39, 0.29) is 46.0 Å². The molecule has 0 aliphatic carbocycles. The molecule has 0 unspecified atom stereocenters. The van der Waals surface area contributed by atoms with Crippen LogP contribution in [0.3, 0.4) is 0 Å². The van der Waals surface area contributed by atoms with Gasteiger partial charge < -0.3 is 22.3 Å². The summed E-state index contributed by atoms with van der Waals surface area (Å²) in [5.74, 6) is -0.855. The first-order chi connectivity index (χ1) is 24.7. The molecule has 0 aromatic heterocycles. The van der Waals surface area contributed by atoms with E-state index in [9.17, 15) is 31.0 Å². The van der Waals surface area contributed by atoms with Crippen LogP contribution >= 0.6 is 0 Å². The van der Waals surface area contributed by atoms with E-state index in [4.69, 9.17) is 17.2 Å². The van der Waals surface area contributed by atoms with Crippen LogP contribution in [0, 0.1) is 0 Å². The predicted molar refractivity (Wildman–Crippen MR) is 202 cm³/mol. The summed E-state index contributed by atoms with van der Waals surface area (Å²) in [6.07, 6.45) is 0. The second-order valence-corrected chi connectivity index (χ2v) is 13.9. The first-order valence-corrected chi connectivity index (χ1v) is 17.8. The van der Waals surface area contributed by atoms with Gasteiger partial charge in [0.15, 0.2) is 5.75 Å². The molecule has 6 rings (SSSR count). The van der Waals surface area contributed by atoms with E-state index in [0.717, 1.165) is 23.3 Å². The molecule has 0 aliphatic heterocycles. The maximum absolute atomic E-state index is 12.4.